The highest BCUT2D eigenvalue weighted by Gasteiger charge is 2.08. The molecule has 13 nitrogen and oxygen atoms in total. The van der Waals surface area contributed by atoms with E-state index < -0.39 is 17.8 Å². The molecule has 0 bridgehead atoms. The molecule has 0 saturated heterocycles. The molecule has 55 heavy (non-hydrogen) atoms. The van der Waals surface area contributed by atoms with Gasteiger partial charge in [-0.2, -0.15) is 0 Å². The molecular weight excluding hydrogens is 1000 g/mol. The van der Waals surface area contributed by atoms with Gasteiger partial charge in [0.1, 0.15) is 51.5 Å². The normalized spacial score (nSPS) is 9.71. The number of amides is 1. The van der Waals surface area contributed by atoms with Gasteiger partial charge in [0.2, 0.25) is 0 Å². The number of nitrogens with one attached hydrogen (secondary N) is 1. The first-order chi connectivity index (χ1) is 25.8. The van der Waals surface area contributed by atoms with Crippen molar-refractivity contribution in [2.24, 2.45) is 5.84 Å². The van der Waals surface area contributed by atoms with E-state index in [0.717, 1.165) is 10.9 Å². The first kappa shape index (κ1) is 50.5. The maximum Gasteiger partial charge on any atom is 0.338 e. The molecule has 0 spiro atoms. The van der Waals surface area contributed by atoms with Gasteiger partial charge in [0, 0.05) is 10.9 Å². The molecule has 0 aliphatic rings. The third-order valence-corrected chi connectivity index (χ3v) is 7.92. The summed E-state index contributed by atoms with van der Waals surface area (Å²) in [5.74, 6) is 2.88. The Hall–Kier alpha value is -2.54. The van der Waals surface area contributed by atoms with Crippen LogP contribution in [0.15, 0.2) is 60.7 Å². The van der Waals surface area contributed by atoms with E-state index in [1.165, 1.54) is 43.5 Å². The van der Waals surface area contributed by atoms with Gasteiger partial charge in [-0.05, 0) is 71.8 Å². The number of halogens is 11. The van der Waals surface area contributed by atoms with Crippen LogP contribution in [-0.4, -0.2) is 60.1 Å². The van der Waals surface area contributed by atoms with Crippen molar-refractivity contribution in [1.82, 2.24) is 30.3 Å². The van der Waals surface area contributed by atoms with Crippen molar-refractivity contribution in [3.8, 4) is 0 Å². The minimum absolute atomic E-state index is 0.0370. The Morgan fingerprint density at radius 1 is 0.582 bits per heavy atom. The lowest BCUT2D eigenvalue weighted by molar-refractivity contribution is 0.0599. The SMILES string of the molecule is COC(=O)c1cc(Cl)nc(Cl)c1.Clc1cc(CBr)cc(Cl)n1.NNC(=O)c1cc(Cl)nc(Cl)c1.O=C(O)c1cc(Cl)nc(Cl)c1.OCc1cc(Cl)nc(Cl)c1. The van der Waals surface area contributed by atoms with Crippen LogP contribution in [0.3, 0.4) is 0 Å². The summed E-state index contributed by atoms with van der Waals surface area (Å²) < 4.78 is 4.46. The van der Waals surface area contributed by atoms with Crippen LogP contribution in [0, 0.1) is 0 Å². The number of carboxylic acids is 1. The zero-order chi connectivity index (χ0) is 41.8. The predicted molar refractivity (Wildman–Crippen MR) is 220 cm³/mol. The number of carbonyl (C=O) groups is 3. The number of hydrogen-bond donors (Lipinski definition) is 4. The molecule has 5 heterocycles. The van der Waals surface area contributed by atoms with E-state index in [-0.39, 0.29) is 48.7 Å². The molecule has 1 amide bonds. The monoisotopic (exact) mass is 1020 g/mol. The second kappa shape index (κ2) is 26.4. The fraction of sp³-hybridized carbons (Fsp3) is 0.0968. The van der Waals surface area contributed by atoms with E-state index in [1.807, 2.05) is 5.43 Å². The van der Waals surface area contributed by atoms with Crippen molar-refractivity contribution in [2.45, 2.75) is 11.9 Å². The van der Waals surface area contributed by atoms with Crippen LogP contribution in [0.4, 0.5) is 0 Å². The zero-order valence-electron chi connectivity index (χ0n) is 27.2. The Kier molecular flexibility index (Phi) is 24.2. The smallest absolute Gasteiger partial charge is 0.338 e. The number of carbonyl (C=O) groups excluding carboxylic acids is 2. The molecule has 0 unspecified atom stereocenters. The average molecular weight is 1020 g/mol. The maximum absolute atomic E-state index is 11.0. The number of methoxy groups -OCH3 is 1. The Morgan fingerprint density at radius 3 is 1.15 bits per heavy atom. The topological polar surface area (TPSA) is 203 Å². The van der Waals surface area contributed by atoms with E-state index in [2.05, 4.69) is 45.6 Å². The zero-order valence-corrected chi connectivity index (χ0v) is 36.3. The molecule has 5 aromatic rings. The molecule has 0 fully saturated rings. The van der Waals surface area contributed by atoms with Crippen LogP contribution in [0.1, 0.15) is 42.2 Å². The van der Waals surface area contributed by atoms with E-state index in [9.17, 15) is 14.4 Å². The lowest BCUT2D eigenvalue weighted by Gasteiger charge is -1.99. The lowest BCUT2D eigenvalue weighted by Crippen LogP contribution is -2.29. The second-order valence-corrected chi connectivity index (χ2v) is 13.7. The van der Waals surface area contributed by atoms with Crippen molar-refractivity contribution in [3.05, 3.63) is 140 Å². The van der Waals surface area contributed by atoms with Crippen LogP contribution in [0.25, 0.3) is 0 Å². The quantitative estimate of drug-likeness (QED) is 0.0324. The molecule has 5 N–H and O–H groups in total. The highest BCUT2D eigenvalue weighted by atomic mass is 79.9. The highest BCUT2D eigenvalue weighted by Crippen LogP contribution is 2.18. The van der Waals surface area contributed by atoms with Crippen molar-refractivity contribution in [3.63, 3.8) is 0 Å². The van der Waals surface area contributed by atoms with Gasteiger partial charge in [0.25, 0.3) is 5.91 Å². The fourth-order valence-electron chi connectivity index (χ4n) is 3.17. The Balaban J connectivity index is 0.000000344. The van der Waals surface area contributed by atoms with E-state index in [0.29, 0.717) is 31.7 Å². The number of aliphatic hydroxyl groups is 1. The number of rotatable bonds is 5. The number of aromatic carboxylic acids is 1. The number of nitrogen functional groups attached to an aromatic ring is 1. The number of pyridine rings is 5. The number of hydrazine groups is 1. The summed E-state index contributed by atoms with van der Waals surface area (Å²) >= 11 is 58.6. The summed E-state index contributed by atoms with van der Waals surface area (Å²) in [5.41, 5.74) is 4.27. The predicted octanol–water partition coefficient (Wildman–Crippen LogP) is 10.4. The minimum Gasteiger partial charge on any atom is -0.478 e. The number of ether oxygens (including phenoxy) is 1. The Labute approximate surface area is 371 Å². The molecular formula is C31H22BrCl10N7O6. The van der Waals surface area contributed by atoms with Gasteiger partial charge in [-0.25, -0.2) is 40.4 Å². The number of esters is 1. The lowest BCUT2D eigenvalue weighted by atomic mass is 10.2. The number of nitrogens with zero attached hydrogens (tertiary/aromatic N) is 5. The number of nitrogens with two attached hydrogens (primary N) is 1. The van der Waals surface area contributed by atoms with Gasteiger partial charge in [-0.15, -0.1) is 0 Å². The van der Waals surface area contributed by atoms with Crippen molar-refractivity contribution in [1.29, 1.82) is 0 Å². The average Bonchev–Trinajstić information content (AvgIpc) is 3.10. The number of aliphatic hydroxyl groups excluding tert-OH is 1. The molecule has 0 saturated carbocycles. The number of aromatic nitrogens is 5. The molecule has 294 valence electrons. The molecule has 5 aromatic heterocycles. The van der Waals surface area contributed by atoms with Gasteiger partial charge < -0.3 is 14.9 Å². The van der Waals surface area contributed by atoms with E-state index in [4.69, 9.17) is 132 Å². The summed E-state index contributed by atoms with van der Waals surface area (Å²) in [6, 6.07) is 14.6. The second-order valence-electron chi connectivity index (χ2n) is 9.31. The van der Waals surface area contributed by atoms with Crippen molar-refractivity contribution in [2.75, 3.05) is 7.11 Å². The highest BCUT2D eigenvalue weighted by molar-refractivity contribution is 9.08. The fourth-order valence-corrected chi connectivity index (χ4v) is 5.88. The van der Waals surface area contributed by atoms with Crippen LogP contribution in [0.2, 0.25) is 51.5 Å². The first-order valence-electron chi connectivity index (χ1n) is 13.9. The van der Waals surface area contributed by atoms with Gasteiger partial charge in [0.05, 0.1) is 24.8 Å². The third kappa shape index (κ3) is 21.0. The van der Waals surface area contributed by atoms with Crippen LogP contribution < -0.4 is 11.3 Å². The van der Waals surface area contributed by atoms with Crippen LogP contribution in [0.5, 0.6) is 0 Å². The molecule has 0 radical (unpaired) electrons. The summed E-state index contributed by atoms with van der Waals surface area (Å²) in [4.78, 5) is 50.7. The van der Waals surface area contributed by atoms with Gasteiger partial charge >= 0.3 is 11.9 Å². The summed E-state index contributed by atoms with van der Waals surface area (Å²) in [6.07, 6.45) is 0. The molecule has 0 aromatic carbocycles. The van der Waals surface area contributed by atoms with Crippen LogP contribution in [-0.2, 0) is 16.7 Å². The minimum atomic E-state index is -1.07. The summed E-state index contributed by atoms with van der Waals surface area (Å²) in [5, 5.41) is 20.1. The number of alkyl halides is 1. The summed E-state index contributed by atoms with van der Waals surface area (Å²) in [7, 11) is 1.28. The molecule has 0 aliphatic carbocycles. The standard InChI is InChI=1S/C7H5Cl2NO2.C6H4BrCl2N.C6H5Cl2N3O.C6H3Cl2NO2.C6H5Cl2NO/c1-12-7(11)4-2-5(8)10-6(9)3-4;7-3-4-1-5(8)10-6(9)2-4;7-4-1-3(6(12)11-9)2-5(8)10-4;7-4-1-3(6(10)11)2-5(8)9-4;7-5-1-4(3-10)2-6(8)9-5/h2-3H,1H3;1-2H,3H2;1-2H,9H2,(H,11,12);1-2H,(H,10,11);1-2,10H,3H2. The van der Waals surface area contributed by atoms with E-state index in [1.54, 1.807) is 24.3 Å². The van der Waals surface area contributed by atoms with Crippen LogP contribution >= 0.6 is 132 Å². The Bertz CT molecular complexity index is 1870. The molecule has 5 rings (SSSR count). The third-order valence-electron chi connectivity index (χ3n) is 5.33. The molecule has 24 heteroatoms. The van der Waals surface area contributed by atoms with Gasteiger partial charge in [0.15, 0.2) is 0 Å². The largest absolute Gasteiger partial charge is 0.478 e. The van der Waals surface area contributed by atoms with Crippen molar-refractivity contribution < 1.29 is 29.3 Å². The van der Waals surface area contributed by atoms with Gasteiger partial charge in [-0.3, -0.25) is 10.2 Å². The maximum atomic E-state index is 11.0. The number of hydrogen-bond acceptors (Lipinski definition) is 11. The summed E-state index contributed by atoms with van der Waals surface area (Å²) in [6.45, 7) is -0.0675. The molecule has 0 aliphatic heterocycles. The van der Waals surface area contributed by atoms with E-state index >= 15 is 0 Å². The first-order valence-corrected chi connectivity index (χ1v) is 18.8. The number of carboxylic acid groups (broad SMARTS) is 1. The van der Waals surface area contributed by atoms with Gasteiger partial charge in [-0.1, -0.05) is 132 Å². The Morgan fingerprint density at radius 2 is 0.873 bits per heavy atom. The van der Waals surface area contributed by atoms with Crippen molar-refractivity contribution >= 4 is 150 Å². The molecule has 0 atom stereocenters.